The van der Waals surface area contributed by atoms with Crippen molar-refractivity contribution in [2.24, 2.45) is 5.14 Å². The molecule has 0 fully saturated rings. The van der Waals surface area contributed by atoms with Gasteiger partial charge in [-0.15, -0.1) is 11.6 Å². The summed E-state index contributed by atoms with van der Waals surface area (Å²) in [4.78, 5) is 10.1. The van der Waals surface area contributed by atoms with Crippen molar-refractivity contribution < 1.29 is 13.3 Å². The molecule has 0 saturated heterocycles. The van der Waals surface area contributed by atoms with Crippen molar-refractivity contribution in [3.05, 3.63) is 33.9 Å². The van der Waals surface area contributed by atoms with E-state index in [1.807, 2.05) is 6.92 Å². The van der Waals surface area contributed by atoms with Gasteiger partial charge in [0.05, 0.1) is 9.82 Å². The lowest BCUT2D eigenvalue weighted by Crippen LogP contribution is -2.14. The zero-order valence-electron chi connectivity index (χ0n) is 10.5. The van der Waals surface area contributed by atoms with Crippen molar-refractivity contribution in [2.75, 3.05) is 0 Å². The second kappa shape index (κ2) is 5.85. The number of halogens is 1. The number of nitro benzene ring substituents is 1. The van der Waals surface area contributed by atoms with Crippen LogP contribution in [0.1, 0.15) is 31.7 Å². The first-order chi connectivity index (χ1) is 8.68. The molecule has 0 aliphatic carbocycles. The van der Waals surface area contributed by atoms with Gasteiger partial charge < -0.3 is 0 Å². The van der Waals surface area contributed by atoms with Crippen LogP contribution in [0.3, 0.4) is 0 Å². The number of alkyl halides is 1. The van der Waals surface area contributed by atoms with Crippen LogP contribution in [0.25, 0.3) is 0 Å². The van der Waals surface area contributed by atoms with Gasteiger partial charge in [0.25, 0.3) is 5.69 Å². The van der Waals surface area contributed by atoms with Gasteiger partial charge in [0.15, 0.2) is 0 Å². The van der Waals surface area contributed by atoms with Crippen molar-refractivity contribution in [2.45, 2.75) is 36.5 Å². The monoisotopic (exact) mass is 306 g/mol. The summed E-state index contributed by atoms with van der Waals surface area (Å²) in [6.07, 6.45) is 0.650. The molecule has 0 saturated carbocycles. The molecule has 0 spiro atoms. The fourth-order valence-electron chi connectivity index (χ4n) is 1.79. The number of nitrogens with zero attached hydrogens (tertiary/aromatic N) is 1. The number of sulfonamides is 1. The van der Waals surface area contributed by atoms with Crippen molar-refractivity contribution in [1.29, 1.82) is 0 Å². The molecule has 0 amide bonds. The van der Waals surface area contributed by atoms with Crippen LogP contribution in [0, 0.1) is 10.1 Å². The first-order valence-electron chi connectivity index (χ1n) is 5.63. The molecule has 19 heavy (non-hydrogen) atoms. The molecule has 1 aromatic rings. The Hall–Kier alpha value is -1.18. The molecule has 1 aromatic carbocycles. The Morgan fingerprint density at radius 2 is 2.05 bits per heavy atom. The molecule has 0 bridgehead atoms. The van der Waals surface area contributed by atoms with E-state index in [2.05, 4.69) is 0 Å². The van der Waals surface area contributed by atoms with Gasteiger partial charge >= 0.3 is 0 Å². The zero-order chi connectivity index (χ0) is 14.8. The number of benzene rings is 1. The van der Waals surface area contributed by atoms with Crippen molar-refractivity contribution >= 4 is 27.3 Å². The molecule has 106 valence electrons. The Morgan fingerprint density at radius 1 is 1.47 bits per heavy atom. The second-order valence-electron chi connectivity index (χ2n) is 4.24. The van der Waals surface area contributed by atoms with E-state index in [1.54, 1.807) is 6.92 Å². The van der Waals surface area contributed by atoms with Crippen LogP contribution in [-0.2, 0) is 10.0 Å². The van der Waals surface area contributed by atoms with E-state index in [0.29, 0.717) is 12.0 Å². The SMILES string of the molecule is CCC(Cl)C(C)c1ccc(S(N)(=O)=O)cc1[N+](=O)[O-]. The Bertz CT molecular complexity index is 588. The molecule has 8 heteroatoms. The molecule has 2 N–H and O–H groups in total. The first kappa shape index (κ1) is 15.9. The summed E-state index contributed by atoms with van der Waals surface area (Å²) < 4.78 is 22.4. The quantitative estimate of drug-likeness (QED) is 0.512. The van der Waals surface area contributed by atoms with Crippen molar-refractivity contribution in [3.63, 3.8) is 0 Å². The minimum absolute atomic E-state index is 0.262. The van der Waals surface area contributed by atoms with Crippen LogP contribution < -0.4 is 5.14 Å². The van der Waals surface area contributed by atoms with E-state index in [0.717, 1.165) is 6.07 Å². The average Bonchev–Trinajstić information content (AvgIpc) is 2.35. The number of primary sulfonamides is 1. The molecule has 2 unspecified atom stereocenters. The minimum atomic E-state index is -3.96. The smallest absolute Gasteiger partial charge is 0.258 e. The molecule has 0 heterocycles. The molecular formula is C11H15ClN2O4S. The predicted molar refractivity (Wildman–Crippen MR) is 72.8 cm³/mol. The van der Waals surface area contributed by atoms with E-state index in [4.69, 9.17) is 16.7 Å². The van der Waals surface area contributed by atoms with Gasteiger partial charge in [0.1, 0.15) is 0 Å². The van der Waals surface area contributed by atoms with E-state index >= 15 is 0 Å². The lowest BCUT2D eigenvalue weighted by molar-refractivity contribution is -0.385. The highest BCUT2D eigenvalue weighted by molar-refractivity contribution is 7.89. The Kier molecular flexibility index (Phi) is 4.89. The van der Waals surface area contributed by atoms with Gasteiger partial charge in [-0.2, -0.15) is 0 Å². The summed E-state index contributed by atoms with van der Waals surface area (Å²) >= 11 is 6.09. The highest BCUT2D eigenvalue weighted by atomic mass is 35.5. The van der Waals surface area contributed by atoms with Gasteiger partial charge in [-0.05, 0) is 12.5 Å². The summed E-state index contributed by atoms with van der Waals surface area (Å²) in [6, 6.07) is 3.63. The normalized spacial score (nSPS) is 14.9. The van der Waals surface area contributed by atoms with Crippen LogP contribution in [0.2, 0.25) is 0 Å². The highest BCUT2D eigenvalue weighted by Gasteiger charge is 2.25. The second-order valence-corrected chi connectivity index (χ2v) is 6.36. The molecule has 0 radical (unpaired) electrons. The minimum Gasteiger partial charge on any atom is -0.258 e. The summed E-state index contributed by atoms with van der Waals surface area (Å²) in [5.41, 5.74) is 0.123. The summed E-state index contributed by atoms with van der Waals surface area (Å²) in [5, 5.41) is 15.7. The van der Waals surface area contributed by atoms with E-state index in [1.165, 1.54) is 12.1 Å². The summed E-state index contributed by atoms with van der Waals surface area (Å²) in [5.74, 6) is -0.262. The average molecular weight is 307 g/mol. The van der Waals surface area contributed by atoms with Gasteiger partial charge in [-0.3, -0.25) is 10.1 Å². The van der Waals surface area contributed by atoms with Gasteiger partial charge in [0, 0.05) is 22.9 Å². The number of nitro groups is 1. The van der Waals surface area contributed by atoms with Crippen molar-refractivity contribution in [1.82, 2.24) is 0 Å². The predicted octanol–water partition coefficient (Wildman–Crippen LogP) is 2.36. The van der Waals surface area contributed by atoms with Crippen LogP contribution >= 0.6 is 11.6 Å². The Labute approximate surface area is 116 Å². The summed E-state index contributed by atoms with van der Waals surface area (Å²) in [6.45, 7) is 3.64. The largest absolute Gasteiger partial charge is 0.274 e. The van der Waals surface area contributed by atoms with Gasteiger partial charge in [-0.25, -0.2) is 13.6 Å². The third kappa shape index (κ3) is 3.65. The van der Waals surface area contributed by atoms with Crippen LogP contribution in [0.15, 0.2) is 23.1 Å². The molecular weight excluding hydrogens is 292 g/mol. The standard InChI is InChI=1S/C11H15ClN2O4S/c1-3-10(12)7(2)9-5-4-8(19(13,17)18)6-11(9)14(15)16/h4-7,10H,3H2,1-2H3,(H2,13,17,18). The van der Waals surface area contributed by atoms with Gasteiger partial charge in [0.2, 0.25) is 10.0 Å². The molecule has 1 rings (SSSR count). The molecule has 0 aliphatic heterocycles. The Morgan fingerprint density at radius 3 is 2.47 bits per heavy atom. The molecule has 2 atom stereocenters. The maximum atomic E-state index is 11.2. The maximum absolute atomic E-state index is 11.2. The van der Waals surface area contributed by atoms with Crippen molar-refractivity contribution in [3.8, 4) is 0 Å². The zero-order valence-corrected chi connectivity index (χ0v) is 12.1. The number of rotatable bonds is 5. The van der Waals surface area contributed by atoms with Crippen LogP contribution in [-0.4, -0.2) is 18.7 Å². The third-order valence-corrected chi connectivity index (χ3v) is 4.55. The molecule has 6 nitrogen and oxygen atoms in total. The number of hydrogen-bond acceptors (Lipinski definition) is 4. The lowest BCUT2D eigenvalue weighted by atomic mass is 9.94. The lowest BCUT2D eigenvalue weighted by Gasteiger charge is -2.17. The molecule has 0 aromatic heterocycles. The topological polar surface area (TPSA) is 103 Å². The molecule has 0 aliphatic rings. The summed E-state index contributed by atoms with van der Waals surface area (Å²) in [7, 11) is -3.96. The Balaban J connectivity index is 3.39. The number of hydrogen-bond donors (Lipinski definition) is 1. The highest BCUT2D eigenvalue weighted by Crippen LogP contribution is 2.33. The van der Waals surface area contributed by atoms with E-state index in [-0.39, 0.29) is 21.9 Å². The van der Waals surface area contributed by atoms with Crippen LogP contribution in [0.5, 0.6) is 0 Å². The number of nitrogens with two attached hydrogens (primary N) is 1. The van der Waals surface area contributed by atoms with Gasteiger partial charge in [-0.1, -0.05) is 19.9 Å². The van der Waals surface area contributed by atoms with Crippen LogP contribution in [0.4, 0.5) is 5.69 Å². The fraction of sp³-hybridized carbons (Fsp3) is 0.455. The maximum Gasteiger partial charge on any atom is 0.274 e. The van der Waals surface area contributed by atoms with E-state index in [9.17, 15) is 18.5 Å². The fourth-order valence-corrected chi connectivity index (χ4v) is 2.46. The van der Waals surface area contributed by atoms with E-state index < -0.39 is 14.9 Å². The first-order valence-corrected chi connectivity index (χ1v) is 7.62. The third-order valence-electron chi connectivity index (χ3n) is 2.95.